The minimum absolute atomic E-state index is 0.470. The normalized spacial score (nSPS) is 11.4. The van der Waals surface area contributed by atoms with Crippen LogP contribution in [0.5, 0.6) is 0 Å². The number of para-hydroxylation sites is 1. The molecular weight excluding hydrogens is 389 g/mol. The van der Waals surface area contributed by atoms with Crippen molar-refractivity contribution in [2.45, 2.75) is 13.1 Å². The maximum atomic E-state index is 6.20. The molecule has 3 nitrogen and oxygen atoms in total. The second-order valence-electron chi connectivity index (χ2n) is 6.51. The highest BCUT2D eigenvalue weighted by molar-refractivity contribution is 6.35. The molecule has 3 aromatic carbocycles. The minimum atomic E-state index is 0.470. The number of aromatic nitrogens is 1. The van der Waals surface area contributed by atoms with Gasteiger partial charge in [-0.15, -0.1) is 0 Å². The van der Waals surface area contributed by atoms with Crippen LogP contribution in [0.1, 0.15) is 16.7 Å². The molecule has 4 rings (SSSR count). The van der Waals surface area contributed by atoms with Gasteiger partial charge in [0.15, 0.2) is 0 Å². The molecule has 0 radical (unpaired) electrons. The Morgan fingerprint density at radius 3 is 2.36 bits per heavy atom. The molecule has 4 aromatic rings. The molecule has 0 aliphatic carbocycles. The van der Waals surface area contributed by atoms with E-state index in [0.29, 0.717) is 16.6 Å². The Morgan fingerprint density at radius 1 is 0.857 bits per heavy atom. The second kappa shape index (κ2) is 8.51. The molecule has 0 bridgehead atoms. The Labute approximate surface area is 174 Å². The van der Waals surface area contributed by atoms with E-state index in [1.807, 2.05) is 36.5 Å². The molecule has 0 aliphatic rings. The lowest BCUT2D eigenvalue weighted by atomic mass is 10.2. The Kier molecular flexibility index (Phi) is 5.65. The molecule has 0 atom stereocenters. The number of halogens is 2. The summed E-state index contributed by atoms with van der Waals surface area (Å²) in [7, 11) is 0. The predicted molar refractivity (Wildman–Crippen MR) is 118 cm³/mol. The molecule has 0 spiro atoms. The van der Waals surface area contributed by atoms with Crippen LogP contribution >= 0.6 is 23.2 Å². The van der Waals surface area contributed by atoms with Crippen molar-refractivity contribution in [3.8, 4) is 0 Å². The molecule has 1 heterocycles. The van der Waals surface area contributed by atoms with Crippen LogP contribution in [0.4, 0.5) is 0 Å². The van der Waals surface area contributed by atoms with Gasteiger partial charge in [-0.2, -0.15) is 5.10 Å². The highest BCUT2D eigenvalue weighted by Crippen LogP contribution is 2.24. The van der Waals surface area contributed by atoms with E-state index in [0.717, 1.165) is 17.7 Å². The fourth-order valence-electron chi connectivity index (χ4n) is 3.23. The van der Waals surface area contributed by atoms with Gasteiger partial charge in [0, 0.05) is 44.8 Å². The first-order valence-electron chi connectivity index (χ1n) is 9.03. The molecule has 28 heavy (non-hydrogen) atoms. The first kappa shape index (κ1) is 18.6. The van der Waals surface area contributed by atoms with Crippen LogP contribution in [0, 0.1) is 0 Å². The Hall–Kier alpha value is -2.75. The Morgan fingerprint density at radius 2 is 1.57 bits per heavy atom. The van der Waals surface area contributed by atoms with Gasteiger partial charge in [0.25, 0.3) is 0 Å². The number of nitrogens with one attached hydrogen (secondary N) is 1. The van der Waals surface area contributed by atoms with Crippen molar-refractivity contribution < 1.29 is 0 Å². The highest BCUT2D eigenvalue weighted by atomic mass is 35.5. The maximum Gasteiger partial charge on any atom is 0.0609 e. The van der Waals surface area contributed by atoms with Crippen molar-refractivity contribution in [1.29, 1.82) is 0 Å². The molecule has 5 heteroatoms. The molecule has 140 valence electrons. The largest absolute Gasteiger partial charge is 0.342 e. The quantitative estimate of drug-likeness (QED) is 0.302. The van der Waals surface area contributed by atoms with E-state index >= 15 is 0 Å². The number of hydrogen-bond acceptors (Lipinski definition) is 2. The van der Waals surface area contributed by atoms with Gasteiger partial charge in [0.2, 0.25) is 0 Å². The number of fused-ring (bicyclic) bond motifs is 1. The lowest BCUT2D eigenvalue weighted by Gasteiger charge is -2.05. The summed E-state index contributed by atoms with van der Waals surface area (Å²) in [6, 6.07) is 24.3. The molecule has 0 fully saturated rings. The van der Waals surface area contributed by atoms with E-state index in [4.69, 9.17) is 23.2 Å². The van der Waals surface area contributed by atoms with Crippen LogP contribution in [0.2, 0.25) is 10.0 Å². The summed E-state index contributed by atoms with van der Waals surface area (Å²) < 4.78 is 2.25. The van der Waals surface area contributed by atoms with Gasteiger partial charge in [0.05, 0.1) is 12.8 Å². The standard InChI is InChI=1S/C23H19Cl2N3/c24-21-10-6-11-22(25)20(21)14-27-26-13-18-16-28(15-17-7-2-1-3-8-17)23-12-5-4-9-19(18)23/h1-13,16,27H,14-15H2/b26-13-. The van der Waals surface area contributed by atoms with Crippen molar-refractivity contribution >= 4 is 40.3 Å². The summed E-state index contributed by atoms with van der Waals surface area (Å²) >= 11 is 12.4. The van der Waals surface area contributed by atoms with E-state index < -0.39 is 0 Å². The van der Waals surface area contributed by atoms with E-state index in [1.54, 1.807) is 0 Å². The fraction of sp³-hybridized carbons (Fsp3) is 0.0870. The summed E-state index contributed by atoms with van der Waals surface area (Å²) in [6.45, 7) is 1.29. The van der Waals surface area contributed by atoms with Crippen LogP contribution in [0.15, 0.2) is 84.1 Å². The van der Waals surface area contributed by atoms with Gasteiger partial charge < -0.3 is 9.99 Å². The zero-order valence-electron chi connectivity index (χ0n) is 15.1. The van der Waals surface area contributed by atoms with Crippen molar-refractivity contribution in [2.75, 3.05) is 0 Å². The van der Waals surface area contributed by atoms with E-state index in [-0.39, 0.29) is 0 Å². The maximum absolute atomic E-state index is 6.20. The minimum Gasteiger partial charge on any atom is -0.342 e. The van der Waals surface area contributed by atoms with Crippen LogP contribution < -0.4 is 5.43 Å². The van der Waals surface area contributed by atoms with E-state index in [2.05, 4.69) is 63.8 Å². The van der Waals surface area contributed by atoms with Crippen molar-refractivity contribution in [1.82, 2.24) is 9.99 Å². The smallest absolute Gasteiger partial charge is 0.0609 e. The molecule has 0 saturated heterocycles. The van der Waals surface area contributed by atoms with Crippen LogP contribution in [0.3, 0.4) is 0 Å². The monoisotopic (exact) mass is 407 g/mol. The van der Waals surface area contributed by atoms with Crippen LogP contribution in [-0.2, 0) is 13.1 Å². The van der Waals surface area contributed by atoms with Gasteiger partial charge in [-0.1, -0.05) is 77.8 Å². The predicted octanol–water partition coefficient (Wildman–Crippen LogP) is 6.12. The second-order valence-corrected chi connectivity index (χ2v) is 7.32. The first-order chi connectivity index (χ1) is 13.7. The SMILES string of the molecule is Clc1cccc(Cl)c1CN/N=C\c1cn(Cc2ccccc2)c2ccccc12. The molecule has 1 N–H and O–H groups in total. The molecular formula is C23H19Cl2N3. The molecule has 1 aromatic heterocycles. The molecule has 0 unspecified atom stereocenters. The fourth-order valence-corrected chi connectivity index (χ4v) is 3.76. The van der Waals surface area contributed by atoms with Crippen LogP contribution in [-0.4, -0.2) is 10.8 Å². The average molecular weight is 408 g/mol. The lowest BCUT2D eigenvalue weighted by Crippen LogP contribution is -2.06. The van der Waals surface area contributed by atoms with Crippen molar-refractivity contribution in [2.24, 2.45) is 5.10 Å². The van der Waals surface area contributed by atoms with Crippen molar-refractivity contribution in [3.63, 3.8) is 0 Å². The third-order valence-corrected chi connectivity index (χ3v) is 5.34. The lowest BCUT2D eigenvalue weighted by molar-refractivity contribution is 0.748. The number of hydrazone groups is 1. The summed E-state index contributed by atoms with van der Waals surface area (Å²) in [4.78, 5) is 0. The number of nitrogens with zero attached hydrogens (tertiary/aromatic N) is 2. The number of rotatable bonds is 6. The number of benzene rings is 3. The van der Waals surface area contributed by atoms with Gasteiger partial charge >= 0.3 is 0 Å². The topological polar surface area (TPSA) is 29.3 Å². The zero-order chi connectivity index (χ0) is 19.3. The number of hydrogen-bond donors (Lipinski definition) is 1. The molecule has 0 aliphatic heterocycles. The third kappa shape index (κ3) is 4.06. The van der Waals surface area contributed by atoms with Gasteiger partial charge in [0.1, 0.15) is 0 Å². The summed E-state index contributed by atoms with van der Waals surface area (Å²) in [6.07, 6.45) is 3.97. The summed E-state index contributed by atoms with van der Waals surface area (Å²) in [5, 5.41) is 6.82. The van der Waals surface area contributed by atoms with Gasteiger partial charge in [-0.25, -0.2) is 0 Å². The Balaban J connectivity index is 1.54. The van der Waals surface area contributed by atoms with Gasteiger partial charge in [-0.3, -0.25) is 0 Å². The molecule has 0 saturated carbocycles. The summed E-state index contributed by atoms with van der Waals surface area (Å²) in [5.74, 6) is 0. The van der Waals surface area contributed by atoms with E-state index in [1.165, 1.54) is 16.5 Å². The zero-order valence-corrected chi connectivity index (χ0v) is 16.7. The van der Waals surface area contributed by atoms with Crippen molar-refractivity contribution in [3.05, 3.63) is 106 Å². The molecule has 0 amide bonds. The third-order valence-electron chi connectivity index (χ3n) is 4.63. The average Bonchev–Trinajstić information content (AvgIpc) is 3.05. The van der Waals surface area contributed by atoms with Gasteiger partial charge in [-0.05, 0) is 23.8 Å². The summed E-state index contributed by atoms with van der Waals surface area (Å²) in [5.41, 5.74) is 7.39. The van der Waals surface area contributed by atoms with Crippen LogP contribution in [0.25, 0.3) is 10.9 Å². The first-order valence-corrected chi connectivity index (χ1v) is 9.78. The Bertz CT molecular complexity index is 1100. The highest BCUT2D eigenvalue weighted by Gasteiger charge is 2.07. The van der Waals surface area contributed by atoms with E-state index in [9.17, 15) is 0 Å².